The molecule has 0 aromatic carbocycles. The minimum atomic E-state index is 0.0117. The van der Waals surface area contributed by atoms with E-state index in [1.54, 1.807) is 6.33 Å². The van der Waals surface area contributed by atoms with Crippen LogP contribution >= 0.6 is 0 Å². The van der Waals surface area contributed by atoms with Gasteiger partial charge >= 0.3 is 0 Å². The van der Waals surface area contributed by atoms with Crippen molar-refractivity contribution in [2.24, 2.45) is 0 Å². The van der Waals surface area contributed by atoms with Crippen molar-refractivity contribution in [3.8, 4) is 0 Å². The molecule has 1 aromatic rings. The largest absolute Gasteiger partial charge is 0.370 e. The predicted molar refractivity (Wildman–Crippen MR) is 86.9 cm³/mol. The molecule has 0 saturated carbocycles. The first-order valence-electron chi connectivity index (χ1n) is 7.65. The lowest BCUT2D eigenvalue weighted by atomic mass is 10.0. The number of likely N-dealkylation sites (N-methyl/N-ethyl adjacent to an activating group) is 2. The summed E-state index contributed by atoms with van der Waals surface area (Å²) in [6.07, 6.45) is 1.56. The summed E-state index contributed by atoms with van der Waals surface area (Å²) in [5, 5.41) is 6.11. The Morgan fingerprint density at radius 2 is 1.95 bits per heavy atom. The number of anilines is 2. The fraction of sp³-hybridized carbons (Fsp3) is 0.667. The number of nitrogens with zero attached hydrogens (tertiary/aromatic N) is 3. The van der Waals surface area contributed by atoms with Crippen molar-refractivity contribution in [2.45, 2.75) is 40.5 Å². The van der Waals surface area contributed by atoms with Gasteiger partial charge in [-0.3, -0.25) is 4.79 Å². The monoisotopic (exact) mass is 293 g/mol. The van der Waals surface area contributed by atoms with E-state index in [0.29, 0.717) is 13.1 Å². The molecule has 21 heavy (non-hydrogen) atoms. The summed E-state index contributed by atoms with van der Waals surface area (Å²) in [6, 6.07) is 0. The SMILES string of the molecule is CCNC(=O)CN(CC)c1ncnc(NCC)c1C(C)C. The molecule has 118 valence electrons. The molecule has 1 amide bonds. The molecule has 1 heterocycles. The number of aromatic nitrogens is 2. The number of rotatable bonds is 8. The van der Waals surface area contributed by atoms with Gasteiger partial charge in [-0.15, -0.1) is 0 Å². The molecule has 0 fully saturated rings. The van der Waals surface area contributed by atoms with E-state index < -0.39 is 0 Å². The van der Waals surface area contributed by atoms with Gasteiger partial charge in [-0.05, 0) is 26.7 Å². The summed E-state index contributed by atoms with van der Waals surface area (Å²) in [5.41, 5.74) is 1.06. The maximum absolute atomic E-state index is 11.9. The lowest BCUT2D eigenvalue weighted by Crippen LogP contribution is -2.38. The third-order valence-electron chi connectivity index (χ3n) is 3.17. The summed E-state index contributed by atoms with van der Waals surface area (Å²) in [4.78, 5) is 22.6. The van der Waals surface area contributed by atoms with Gasteiger partial charge in [0.05, 0.1) is 6.54 Å². The number of carbonyl (C=O) groups excluding carboxylic acids is 1. The smallest absolute Gasteiger partial charge is 0.239 e. The molecule has 6 nitrogen and oxygen atoms in total. The fourth-order valence-electron chi connectivity index (χ4n) is 2.24. The molecular formula is C15H27N5O. The van der Waals surface area contributed by atoms with Gasteiger partial charge in [-0.25, -0.2) is 9.97 Å². The minimum absolute atomic E-state index is 0.0117. The molecule has 0 bridgehead atoms. The lowest BCUT2D eigenvalue weighted by Gasteiger charge is -2.26. The highest BCUT2D eigenvalue weighted by Crippen LogP contribution is 2.30. The molecule has 0 spiro atoms. The van der Waals surface area contributed by atoms with Crippen LogP contribution in [-0.4, -0.2) is 42.1 Å². The van der Waals surface area contributed by atoms with Crippen LogP contribution in [0, 0.1) is 0 Å². The zero-order chi connectivity index (χ0) is 15.8. The van der Waals surface area contributed by atoms with Crippen molar-refractivity contribution in [3.63, 3.8) is 0 Å². The van der Waals surface area contributed by atoms with Crippen LogP contribution in [0.5, 0.6) is 0 Å². The Hall–Kier alpha value is -1.85. The molecule has 2 N–H and O–H groups in total. The number of hydrogen-bond acceptors (Lipinski definition) is 5. The van der Waals surface area contributed by atoms with Crippen LogP contribution < -0.4 is 15.5 Å². The standard InChI is InChI=1S/C15H27N5O/c1-6-16-12(21)9-20(8-3)15-13(11(4)5)14(17-7-2)18-10-19-15/h10-11H,6-9H2,1-5H3,(H,16,21)(H,17,18,19). The Kier molecular flexibility index (Phi) is 6.91. The van der Waals surface area contributed by atoms with E-state index in [4.69, 9.17) is 0 Å². The second-order valence-electron chi connectivity index (χ2n) is 5.11. The Labute approximate surface area is 127 Å². The highest BCUT2D eigenvalue weighted by atomic mass is 16.2. The van der Waals surface area contributed by atoms with E-state index in [2.05, 4.69) is 34.4 Å². The van der Waals surface area contributed by atoms with Crippen LogP contribution in [0.2, 0.25) is 0 Å². The second kappa shape index (κ2) is 8.44. The van der Waals surface area contributed by atoms with Gasteiger partial charge in [0, 0.05) is 25.2 Å². The minimum Gasteiger partial charge on any atom is -0.370 e. The molecule has 1 aromatic heterocycles. The van der Waals surface area contributed by atoms with Gasteiger partial charge in [0.2, 0.25) is 5.91 Å². The van der Waals surface area contributed by atoms with Gasteiger partial charge < -0.3 is 15.5 Å². The summed E-state index contributed by atoms with van der Waals surface area (Å²) in [6.45, 7) is 12.7. The third kappa shape index (κ3) is 4.58. The Balaban J connectivity index is 3.13. The van der Waals surface area contributed by atoms with Crippen LogP contribution in [0.3, 0.4) is 0 Å². The van der Waals surface area contributed by atoms with Gasteiger partial charge in [0.15, 0.2) is 0 Å². The van der Waals surface area contributed by atoms with E-state index >= 15 is 0 Å². The van der Waals surface area contributed by atoms with Crippen LogP contribution in [0.4, 0.5) is 11.6 Å². The highest BCUT2D eigenvalue weighted by Gasteiger charge is 2.20. The van der Waals surface area contributed by atoms with Gasteiger partial charge in [0.25, 0.3) is 0 Å². The molecule has 0 atom stereocenters. The molecule has 0 radical (unpaired) electrons. The zero-order valence-corrected chi connectivity index (χ0v) is 13.7. The van der Waals surface area contributed by atoms with Gasteiger partial charge in [-0.1, -0.05) is 13.8 Å². The van der Waals surface area contributed by atoms with Crippen LogP contribution in [0.15, 0.2) is 6.33 Å². The van der Waals surface area contributed by atoms with Crippen molar-refractivity contribution in [2.75, 3.05) is 36.4 Å². The van der Waals surface area contributed by atoms with E-state index in [1.807, 2.05) is 25.7 Å². The summed E-state index contributed by atoms with van der Waals surface area (Å²) >= 11 is 0. The Morgan fingerprint density at radius 1 is 1.24 bits per heavy atom. The second-order valence-corrected chi connectivity index (χ2v) is 5.11. The Bertz CT molecular complexity index is 461. The molecule has 0 unspecified atom stereocenters. The van der Waals surface area contributed by atoms with E-state index in [-0.39, 0.29) is 11.8 Å². The molecule has 6 heteroatoms. The quantitative estimate of drug-likeness (QED) is 0.767. The topological polar surface area (TPSA) is 70.2 Å². The van der Waals surface area contributed by atoms with Crippen molar-refractivity contribution in [1.29, 1.82) is 0 Å². The zero-order valence-electron chi connectivity index (χ0n) is 13.7. The van der Waals surface area contributed by atoms with Gasteiger partial charge in [-0.2, -0.15) is 0 Å². The first-order valence-corrected chi connectivity index (χ1v) is 7.65. The number of carbonyl (C=O) groups is 1. The lowest BCUT2D eigenvalue weighted by molar-refractivity contribution is -0.119. The van der Waals surface area contributed by atoms with Gasteiger partial charge in [0.1, 0.15) is 18.0 Å². The molecular weight excluding hydrogens is 266 g/mol. The van der Waals surface area contributed by atoms with Crippen molar-refractivity contribution in [1.82, 2.24) is 15.3 Å². The van der Waals surface area contributed by atoms with E-state index in [9.17, 15) is 4.79 Å². The molecule has 1 rings (SSSR count). The van der Waals surface area contributed by atoms with Crippen LogP contribution in [-0.2, 0) is 4.79 Å². The summed E-state index contributed by atoms with van der Waals surface area (Å²) in [5.74, 6) is 1.98. The van der Waals surface area contributed by atoms with Crippen LogP contribution in [0.25, 0.3) is 0 Å². The number of nitrogens with one attached hydrogen (secondary N) is 2. The van der Waals surface area contributed by atoms with E-state index in [0.717, 1.165) is 30.3 Å². The molecule has 0 aliphatic carbocycles. The van der Waals surface area contributed by atoms with Crippen molar-refractivity contribution < 1.29 is 4.79 Å². The molecule has 0 aliphatic heterocycles. The maximum Gasteiger partial charge on any atom is 0.239 e. The van der Waals surface area contributed by atoms with E-state index in [1.165, 1.54) is 0 Å². The fourth-order valence-corrected chi connectivity index (χ4v) is 2.24. The normalized spacial score (nSPS) is 10.6. The third-order valence-corrected chi connectivity index (χ3v) is 3.17. The average Bonchev–Trinajstić information content (AvgIpc) is 2.45. The van der Waals surface area contributed by atoms with Crippen molar-refractivity contribution in [3.05, 3.63) is 11.9 Å². The summed E-state index contributed by atoms with van der Waals surface area (Å²) in [7, 11) is 0. The average molecular weight is 293 g/mol. The highest BCUT2D eigenvalue weighted by molar-refractivity contribution is 5.81. The Morgan fingerprint density at radius 3 is 2.48 bits per heavy atom. The molecule has 0 saturated heterocycles. The molecule has 0 aliphatic rings. The summed E-state index contributed by atoms with van der Waals surface area (Å²) < 4.78 is 0. The maximum atomic E-state index is 11.9. The number of hydrogen-bond donors (Lipinski definition) is 2. The first-order chi connectivity index (χ1) is 10.0. The van der Waals surface area contributed by atoms with Crippen molar-refractivity contribution >= 4 is 17.5 Å². The number of amides is 1. The van der Waals surface area contributed by atoms with Crippen LogP contribution in [0.1, 0.15) is 46.1 Å². The first kappa shape index (κ1) is 17.2. The predicted octanol–water partition coefficient (Wildman–Crippen LogP) is 1.99.